The van der Waals surface area contributed by atoms with E-state index in [4.69, 9.17) is 0 Å². The third-order valence-corrected chi connectivity index (χ3v) is 4.47. The van der Waals surface area contributed by atoms with Crippen LogP contribution in [0.25, 0.3) is 0 Å². The molecule has 2 N–H and O–H groups in total. The Balaban J connectivity index is 1.75. The van der Waals surface area contributed by atoms with Gasteiger partial charge in [-0.3, -0.25) is 9.69 Å². The number of benzene rings is 1. The summed E-state index contributed by atoms with van der Waals surface area (Å²) in [7, 11) is 0. The van der Waals surface area contributed by atoms with Gasteiger partial charge in [0, 0.05) is 6.04 Å². The molecule has 2 aliphatic rings. The van der Waals surface area contributed by atoms with Crippen LogP contribution in [-0.2, 0) is 11.2 Å². The minimum absolute atomic E-state index is 0.0579. The molecule has 0 bridgehead atoms. The Morgan fingerprint density at radius 2 is 1.86 bits per heavy atom. The van der Waals surface area contributed by atoms with Gasteiger partial charge in [0.25, 0.3) is 5.91 Å². The molecule has 5 heteroatoms. The molecule has 0 saturated carbocycles. The first kappa shape index (κ1) is 14.1. The Hall–Kier alpha value is -1.88. The monoisotopic (exact) mass is 287 g/mol. The topological polar surface area (TPSA) is 61.4 Å². The van der Waals surface area contributed by atoms with Crippen molar-refractivity contribution in [2.24, 2.45) is 0 Å². The normalized spacial score (nSPS) is 22.4. The summed E-state index contributed by atoms with van der Waals surface area (Å²) in [6, 6.07) is 9.58. The third kappa shape index (κ3) is 2.53. The zero-order chi connectivity index (χ0) is 14.9. The maximum Gasteiger partial charge on any atom is 0.325 e. The molecule has 21 heavy (non-hydrogen) atoms. The van der Waals surface area contributed by atoms with Crippen molar-refractivity contribution in [1.82, 2.24) is 15.5 Å². The molecule has 0 unspecified atom stereocenters. The van der Waals surface area contributed by atoms with Crippen molar-refractivity contribution in [3.8, 4) is 0 Å². The summed E-state index contributed by atoms with van der Waals surface area (Å²) in [4.78, 5) is 26.4. The van der Waals surface area contributed by atoms with Crippen molar-refractivity contribution in [3.63, 3.8) is 0 Å². The number of amides is 3. The van der Waals surface area contributed by atoms with E-state index < -0.39 is 5.54 Å². The maximum absolute atomic E-state index is 12.7. The Morgan fingerprint density at radius 3 is 2.52 bits per heavy atom. The molecule has 5 nitrogen and oxygen atoms in total. The second-order valence-corrected chi connectivity index (χ2v) is 5.98. The second kappa shape index (κ2) is 5.48. The Bertz CT molecular complexity index is 538. The molecule has 1 aromatic carbocycles. The minimum atomic E-state index is -0.673. The van der Waals surface area contributed by atoms with E-state index in [1.165, 1.54) is 4.90 Å². The average molecular weight is 287 g/mol. The van der Waals surface area contributed by atoms with E-state index in [1.54, 1.807) is 0 Å². The van der Waals surface area contributed by atoms with Gasteiger partial charge in [0.2, 0.25) is 0 Å². The maximum atomic E-state index is 12.7. The van der Waals surface area contributed by atoms with Gasteiger partial charge >= 0.3 is 6.03 Å². The molecular formula is C16H21N3O2. The van der Waals surface area contributed by atoms with Crippen LogP contribution in [-0.4, -0.2) is 41.5 Å². The largest absolute Gasteiger partial charge is 0.325 e. The number of hydrogen-bond acceptors (Lipinski definition) is 3. The van der Waals surface area contributed by atoms with E-state index in [9.17, 15) is 9.59 Å². The molecule has 2 saturated heterocycles. The fourth-order valence-corrected chi connectivity index (χ4v) is 3.28. The zero-order valence-electron chi connectivity index (χ0n) is 12.3. The Morgan fingerprint density at radius 1 is 1.19 bits per heavy atom. The summed E-state index contributed by atoms with van der Waals surface area (Å²) in [5.74, 6) is -0.0579. The van der Waals surface area contributed by atoms with Gasteiger partial charge in [-0.1, -0.05) is 30.3 Å². The van der Waals surface area contributed by atoms with Crippen molar-refractivity contribution in [2.45, 2.75) is 37.8 Å². The van der Waals surface area contributed by atoms with Crippen molar-refractivity contribution in [3.05, 3.63) is 35.9 Å². The highest BCUT2D eigenvalue weighted by molar-refractivity contribution is 6.07. The van der Waals surface area contributed by atoms with Crippen molar-refractivity contribution >= 4 is 11.9 Å². The molecule has 0 radical (unpaired) electrons. The van der Waals surface area contributed by atoms with Crippen LogP contribution in [0.1, 0.15) is 25.3 Å². The molecule has 0 aliphatic carbocycles. The van der Waals surface area contributed by atoms with Crippen molar-refractivity contribution in [1.29, 1.82) is 0 Å². The van der Waals surface area contributed by atoms with Crippen LogP contribution in [0, 0.1) is 0 Å². The van der Waals surface area contributed by atoms with Crippen LogP contribution in [0.2, 0.25) is 0 Å². The number of nitrogens with zero attached hydrogens (tertiary/aromatic N) is 1. The quantitative estimate of drug-likeness (QED) is 0.824. The lowest BCUT2D eigenvalue weighted by atomic mass is 9.88. The lowest BCUT2D eigenvalue weighted by molar-refractivity contribution is -0.133. The fraction of sp³-hybridized carbons (Fsp3) is 0.500. The van der Waals surface area contributed by atoms with Crippen LogP contribution in [0.3, 0.4) is 0 Å². The van der Waals surface area contributed by atoms with Gasteiger partial charge in [0.1, 0.15) is 5.54 Å². The first-order valence-electron chi connectivity index (χ1n) is 7.53. The van der Waals surface area contributed by atoms with E-state index >= 15 is 0 Å². The summed E-state index contributed by atoms with van der Waals surface area (Å²) in [6.45, 7) is 3.48. The van der Waals surface area contributed by atoms with Crippen LogP contribution in [0.15, 0.2) is 30.3 Å². The average Bonchev–Trinajstić information content (AvgIpc) is 2.71. The number of carbonyl (C=O) groups is 2. The summed E-state index contributed by atoms with van der Waals surface area (Å²) in [5, 5.41) is 6.17. The lowest BCUT2D eigenvalue weighted by Crippen LogP contribution is -2.54. The van der Waals surface area contributed by atoms with Gasteiger partial charge in [0.05, 0.1) is 0 Å². The van der Waals surface area contributed by atoms with Gasteiger partial charge in [-0.2, -0.15) is 0 Å². The highest BCUT2D eigenvalue weighted by Gasteiger charge is 2.52. The van der Waals surface area contributed by atoms with Crippen molar-refractivity contribution in [2.75, 3.05) is 13.1 Å². The molecule has 1 atom stereocenters. The predicted molar refractivity (Wildman–Crippen MR) is 79.8 cm³/mol. The summed E-state index contributed by atoms with van der Waals surface area (Å²) >= 11 is 0. The van der Waals surface area contributed by atoms with Gasteiger partial charge < -0.3 is 10.6 Å². The lowest BCUT2D eigenvalue weighted by Gasteiger charge is -2.31. The molecule has 2 fully saturated rings. The Kier molecular flexibility index (Phi) is 3.68. The number of carbonyl (C=O) groups excluding carboxylic acids is 2. The third-order valence-electron chi connectivity index (χ3n) is 4.47. The molecule has 1 spiro atoms. The van der Waals surface area contributed by atoms with E-state index in [-0.39, 0.29) is 18.0 Å². The first-order valence-corrected chi connectivity index (χ1v) is 7.53. The van der Waals surface area contributed by atoms with E-state index in [2.05, 4.69) is 10.6 Å². The molecule has 2 heterocycles. The fourth-order valence-electron chi connectivity index (χ4n) is 3.28. The zero-order valence-corrected chi connectivity index (χ0v) is 12.3. The van der Waals surface area contributed by atoms with E-state index in [1.807, 2.05) is 37.3 Å². The predicted octanol–water partition coefficient (Wildman–Crippen LogP) is 1.29. The molecule has 3 rings (SSSR count). The SMILES string of the molecule is C[C@H](Cc1ccccc1)N1C(=O)NC2(CCNCC2)C1=O. The molecule has 3 amide bonds. The first-order chi connectivity index (χ1) is 10.1. The second-order valence-electron chi connectivity index (χ2n) is 5.98. The number of hydrogen-bond donors (Lipinski definition) is 2. The van der Waals surface area contributed by atoms with Crippen LogP contribution < -0.4 is 10.6 Å². The van der Waals surface area contributed by atoms with Gasteiger partial charge in [-0.05, 0) is 44.8 Å². The van der Waals surface area contributed by atoms with Crippen LogP contribution >= 0.6 is 0 Å². The summed E-state index contributed by atoms with van der Waals surface area (Å²) < 4.78 is 0. The van der Waals surface area contributed by atoms with E-state index in [0.29, 0.717) is 19.3 Å². The smallest absolute Gasteiger partial charge is 0.323 e. The molecular weight excluding hydrogens is 266 g/mol. The number of urea groups is 1. The van der Waals surface area contributed by atoms with Gasteiger partial charge in [-0.15, -0.1) is 0 Å². The van der Waals surface area contributed by atoms with Crippen molar-refractivity contribution < 1.29 is 9.59 Å². The summed E-state index contributed by atoms with van der Waals surface area (Å²) in [5.41, 5.74) is 0.463. The molecule has 0 aromatic heterocycles. The van der Waals surface area contributed by atoms with Gasteiger partial charge in [-0.25, -0.2) is 4.79 Å². The highest BCUT2D eigenvalue weighted by atomic mass is 16.2. The highest BCUT2D eigenvalue weighted by Crippen LogP contribution is 2.28. The number of piperidine rings is 1. The summed E-state index contributed by atoms with van der Waals surface area (Å²) in [6.07, 6.45) is 2.03. The number of imide groups is 1. The minimum Gasteiger partial charge on any atom is -0.323 e. The van der Waals surface area contributed by atoms with E-state index in [0.717, 1.165) is 18.7 Å². The van der Waals surface area contributed by atoms with Crippen LogP contribution in [0.5, 0.6) is 0 Å². The Labute approximate surface area is 124 Å². The molecule has 112 valence electrons. The molecule has 2 aliphatic heterocycles. The standard InChI is InChI=1S/C16H21N3O2/c1-12(11-13-5-3-2-4-6-13)19-14(20)16(18-15(19)21)7-9-17-10-8-16/h2-6,12,17H,7-11H2,1H3,(H,18,21)/t12-/m1/s1. The number of rotatable bonds is 3. The van der Waals surface area contributed by atoms with Gasteiger partial charge in [0.15, 0.2) is 0 Å². The van der Waals surface area contributed by atoms with Crippen LogP contribution in [0.4, 0.5) is 4.79 Å². The number of nitrogens with one attached hydrogen (secondary N) is 2. The molecule has 1 aromatic rings.